The summed E-state index contributed by atoms with van der Waals surface area (Å²) in [5.74, 6) is 0.504. The third-order valence-corrected chi connectivity index (χ3v) is 3.47. The lowest BCUT2D eigenvalue weighted by Crippen LogP contribution is -2.24. The third-order valence-electron chi connectivity index (χ3n) is 3.47. The number of hydrogen-bond donors (Lipinski definition) is 2. The average Bonchev–Trinajstić information content (AvgIpc) is 2.53. The zero-order valence-corrected chi connectivity index (χ0v) is 12.2. The summed E-state index contributed by atoms with van der Waals surface area (Å²) < 4.78 is 18.0. The molecule has 2 aromatic carbocycles. The van der Waals surface area contributed by atoms with Gasteiger partial charge in [-0.2, -0.15) is 0 Å². The van der Waals surface area contributed by atoms with Crippen molar-refractivity contribution in [3.8, 4) is 5.75 Å². The molecule has 0 spiro atoms. The predicted octanol–water partition coefficient (Wildman–Crippen LogP) is 3.22. The maximum atomic E-state index is 12.8. The van der Waals surface area contributed by atoms with Crippen LogP contribution < -0.4 is 10.1 Å². The van der Waals surface area contributed by atoms with Crippen LogP contribution in [-0.4, -0.2) is 18.8 Å². The Balaban J connectivity index is 1.93. The van der Waals surface area contributed by atoms with E-state index in [1.165, 1.54) is 12.1 Å². The van der Waals surface area contributed by atoms with E-state index in [-0.39, 0.29) is 11.9 Å². The van der Waals surface area contributed by atoms with Gasteiger partial charge in [-0.25, -0.2) is 4.39 Å². The minimum absolute atomic E-state index is 0.0789. The second-order valence-electron chi connectivity index (χ2n) is 4.97. The molecule has 0 radical (unpaired) electrons. The largest absolute Gasteiger partial charge is 0.497 e. The van der Waals surface area contributed by atoms with Gasteiger partial charge in [0.15, 0.2) is 0 Å². The Kier molecular flexibility index (Phi) is 5.31. The minimum Gasteiger partial charge on any atom is -0.497 e. The van der Waals surface area contributed by atoms with E-state index in [2.05, 4.69) is 5.32 Å². The fourth-order valence-electron chi connectivity index (χ4n) is 2.12. The van der Waals surface area contributed by atoms with Crippen LogP contribution in [0.15, 0.2) is 48.5 Å². The van der Waals surface area contributed by atoms with Crippen LogP contribution in [0.3, 0.4) is 0 Å². The Hall–Kier alpha value is -1.91. The van der Waals surface area contributed by atoms with E-state index in [0.717, 1.165) is 11.3 Å². The smallest absolute Gasteiger partial charge is 0.123 e. The van der Waals surface area contributed by atoms with Gasteiger partial charge in [0.05, 0.1) is 13.2 Å². The number of ether oxygens (including phenoxy) is 1. The summed E-state index contributed by atoms with van der Waals surface area (Å²) in [5.41, 5.74) is 1.78. The summed E-state index contributed by atoms with van der Waals surface area (Å²) >= 11 is 0. The Labute approximate surface area is 124 Å². The first-order valence-electron chi connectivity index (χ1n) is 6.91. The lowest BCUT2D eigenvalue weighted by Gasteiger charge is -2.18. The van der Waals surface area contributed by atoms with Crippen molar-refractivity contribution in [1.29, 1.82) is 0 Å². The van der Waals surface area contributed by atoms with Crippen LogP contribution in [0.2, 0.25) is 0 Å². The van der Waals surface area contributed by atoms with Crippen molar-refractivity contribution in [2.45, 2.75) is 19.1 Å². The Morgan fingerprint density at radius 3 is 2.52 bits per heavy atom. The molecule has 1 unspecified atom stereocenters. The lowest BCUT2D eigenvalue weighted by molar-refractivity contribution is 0.170. The summed E-state index contributed by atoms with van der Waals surface area (Å²) in [6.45, 7) is 2.41. The lowest BCUT2D eigenvalue weighted by atomic mass is 10.1. The van der Waals surface area contributed by atoms with E-state index in [1.54, 1.807) is 19.2 Å². The molecule has 0 aromatic heterocycles. The van der Waals surface area contributed by atoms with E-state index >= 15 is 0 Å². The molecule has 0 fully saturated rings. The quantitative estimate of drug-likeness (QED) is 0.858. The molecular weight excluding hydrogens is 269 g/mol. The number of rotatable bonds is 6. The molecule has 0 aliphatic heterocycles. The molecule has 0 amide bonds. The Bertz CT molecular complexity index is 571. The number of hydrogen-bond acceptors (Lipinski definition) is 3. The van der Waals surface area contributed by atoms with E-state index in [1.807, 2.05) is 31.2 Å². The zero-order valence-electron chi connectivity index (χ0n) is 12.2. The molecule has 0 saturated carbocycles. The number of aliphatic hydroxyl groups is 1. The van der Waals surface area contributed by atoms with Gasteiger partial charge in [0.1, 0.15) is 11.6 Å². The van der Waals surface area contributed by atoms with Gasteiger partial charge in [0.2, 0.25) is 0 Å². The highest BCUT2D eigenvalue weighted by Gasteiger charge is 2.11. The zero-order chi connectivity index (χ0) is 15.2. The van der Waals surface area contributed by atoms with Crippen LogP contribution in [0.5, 0.6) is 5.75 Å². The molecular formula is C17H20FNO2. The summed E-state index contributed by atoms with van der Waals surface area (Å²) in [7, 11) is 1.63. The van der Waals surface area contributed by atoms with Crippen molar-refractivity contribution in [1.82, 2.24) is 5.32 Å². The van der Waals surface area contributed by atoms with Crippen LogP contribution in [0.4, 0.5) is 4.39 Å². The molecule has 2 N–H and O–H groups in total. The molecule has 21 heavy (non-hydrogen) atoms. The van der Waals surface area contributed by atoms with E-state index in [4.69, 9.17) is 4.74 Å². The van der Waals surface area contributed by atoms with Crippen molar-refractivity contribution >= 4 is 0 Å². The minimum atomic E-state index is -0.668. The van der Waals surface area contributed by atoms with Crippen LogP contribution in [0.25, 0.3) is 0 Å². The second kappa shape index (κ2) is 7.20. The van der Waals surface area contributed by atoms with Gasteiger partial charge in [0.25, 0.3) is 0 Å². The predicted molar refractivity (Wildman–Crippen MR) is 80.8 cm³/mol. The SMILES string of the molecule is COc1cccc([C@H](C)NCC(O)c2ccc(F)cc2)c1. The monoisotopic (exact) mass is 289 g/mol. The Morgan fingerprint density at radius 2 is 1.86 bits per heavy atom. The van der Waals surface area contributed by atoms with E-state index in [0.29, 0.717) is 12.1 Å². The van der Waals surface area contributed by atoms with Crippen molar-refractivity contribution in [2.24, 2.45) is 0 Å². The van der Waals surface area contributed by atoms with Crippen molar-refractivity contribution in [2.75, 3.05) is 13.7 Å². The van der Waals surface area contributed by atoms with Crippen molar-refractivity contribution in [3.05, 3.63) is 65.5 Å². The second-order valence-corrected chi connectivity index (χ2v) is 4.97. The average molecular weight is 289 g/mol. The molecule has 0 bridgehead atoms. The van der Waals surface area contributed by atoms with Crippen LogP contribution in [0, 0.1) is 5.82 Å². The summed E-state index contributed by atoms with van der Waals surface area (Å²) in [5, 5.41) is 13.4. The van der Waals surface area contributed by atoms with Gasteiger partial charge in [-0.3, -0.25) is 0 Å². The number of halogens is 1. The molecule has 3 nitrogen and oxygen atoms in total. The first-order valence-corrected chi connectivity index (χ1v) is 6.91. The number of aliphatic hydroxyl groups excluding tert-OH is 1. The fourth-order valence-corrected chi connectivity index (χ4v) is 2.12. The van der Waals surface area contributed by atoms with Gasteiger partial charge in [0, 0.05) is 12.6 Å². The molecule has 4 heteroatoms. The first-order chi connectivity index (χ1) is 10.1. The van der Waals surface area contributed by atoms with Gasteiger partial charge in [-0.15, -0.1) is 0 Å². The van der Waals surface area contributed by atoms with Gasteiger partial charge < -0.3 is 15.2 Å². The summed E-state index contributed by atoms with van der Waals surface area (Å²) in [4.78, 5) is 0. The van der Waals surface area contributed by atoms with Crippen LogP contribution in [-0.2, 0) is 0 Å². The topological polar surface area (TPSA) is 41.5 Å². The molecule has 0 heterocycles. The maximum Gasteiger partial charge on any atom is 0.123 e. The Morgan fingerprint density at radius 1 is 1.14 bits per heavy atom. The van der Waals surface area contributed by atoms with Crippen molar-refractivity contribution < 1.29 is 14.2 Å². The summed E-state index contributed by atoms with van der Waals surface area (Å²) in [6.07, 6.45) is -0.668. The number of benzene rings is 2. The van der Waals surface area contributed by atoms with E-state index < -0.39 is 6.10 Å². The molecule has 0 saturated heterocycles. The summed E-state index contributed by atoms with van der Waals surface area (Å²) in [6, 6.07) is 13.8. The normalized spacial score (nSPS) is 13.7. The van der Waals surface area contributed by atoms with E-state index in [9.17, 15) is 9.50 Å². The van der Waals surface area contributed by atoms with Crippen molar-refractivity contribution in [3.63, 3.8) is 0 Å². The van der Waals surface area contributed by atoms with Gasteiger partial charge in [-0.05, 0) is 42.3 Å². The molecule has 0 aliphatic rings. The number of nitrogens with one attached hydrogen (secondary N) is 1. The van der Waals surface area contributed by atoms with Crippen LogP contribution in [0.1, 0.15) is 30.2 Å². The van der Waals surface area contributed by atoms with Crippen LogP contribution >= 0.6 is 0 Å². The fraction of sp³-hybridized carbons (Fsp3) is 0.294. The maximum absolute atomic E-state index is 12.8. The molecule has 0 aliphatic carbocycles. The number of methoxy groups -OCH3 is 1. The molecule has 2 rings (SSSR count). The first kappa shape index (κ1) is 15.5. The standard InChI is InChI=1S/C17H20FNO2/c1-12(14-4-3-5-16(10-14)21-2)19-11-17(20)13-6-8-15(18)9-7-13/h3-10,12,17,19-20H,11H2,1-2H3/t12-,17?/m0/s1. The highest BCUT2D eigenvalue weighted by molar-refractivity contribution is 5.30. The highest BCUT2D eigenvalue weighted by Crippen LogP contribution is 2.20. The van der Waals surface area contributed by atoms with Gasteiger partial charge in [-0.1, -0.05) is 24.3 Å². The molecule has 2 atom stereocenters. The molecule has 2 aromatic rings. The third kappa shape index (κ3) is 4.28. The highest BCUT2D eigenvalue weighted by atomic mass is 19.1. The molecule has 112 valence electrons. The van der Waals surface area contributed by atoms with Gasteiger partial charge >= 0.3 is 0 Å².